The van der Waals surface area contributed by atoms with Crippen molar-refractivity contribution in [3.8, 4) is 0 Å². The van der Waals surface area contributed by atoms with Crippen LogP contribution in [0.3, 0.4) is 0 Å². The topological polar surface area (TPSA) is 162 Å². The number of rotatable bonds is 16. The van der Waals surface area contributed by atoms with Crippen molar-refractivity contribution in [2.75, 3.05) is 47.8 Å². The molecular weight excluding hydrogens is 936 g/mol. The summed E-state index contributed by atoms with van der Waals surface area (Å²) >= 11 is 14.4. The van der Waals surface area contributed by atoms with Gasteiger partial charge in [-0.1, -0.05) is 47.5 Å². The fourth-order valence-corrected chi connectivity index (χ4v) is 13.7. The van der Waals surface area contributed by atoms with Crippen LogP contribution in [0, 0.1) is 29.4 Å². The first-order chi connectivity index (χ1) is 31.0. The standard InChI is InChI=1S/C45H51Cl2F2N9O4S3/c1-57(2)40-17-26(7-8-36(40)53-37-21-34(48)42(19-32(37)46)64(59,60)55-44-9-10-50-24-52-44)25-5-4-6-27(13-25)31-15-30(31)23-58(3)41-18-29-14-28(29)16-39(41)54-38-22-35(49)43(20-33(38)47)65(61,62)56-45-51-11-12-63-45/h4-6,9-13,19-22,24,26,28-31,36,39-41,53-54H,7-8,14-18,23H2,1-3H3,(H,51,56)(H,50,52,55)/t26-,28?,29-,30?,31?,36-,39-,40-,41-/m0/s1. The summed E-state index contributed by atoms with van der Waals surface area (Å²) in [6.07, 6.45) is 10.9. The number of benzene rings is 3. The number of likely N-dealkylation sites (N-methyl/N-ethyl adjacent to an activating group) is 2. The number of aromatic nitrogens is 3. The number of anilines is 4. The number of nitrogens with one attached hydrogen (secondary N) is 4. The van der Waals surface area contributed by atoms with Gasteiger partial charge in [0.1, 0.15) is 33.6 Å². The molecule has 0 amide bonds. The Kier molecular flexibility index (Phi) is 13.1. The molecule has 3 unspecified atom stereocenters. The predicted octanol–water partition coefficient (Wildman–Crippen LogP) is 9.11. The molecule has 9 rings (SSSR count). The molecule has 9 atom stereocenters. The highest BCUT2D eigenvalue weighted by molar-refractivity contribution is 7.93. The zero-order chi connectivity index (χ0) is 45.8. The average Bonchev–Trinajstić information content (AvgIpc) is 4.17. The lowest BCUT2D eigenvalue weighted by atomic mass is 9.77. The number of thiazole rings is 1. The molecule has 4 N–H and O–H groups in total. The number of fused-ring (bicyclic) bond motifs is 1. The van der Waals surface area contributed by atoms with E-state index in [4.69, 9.17) is 23.2 Å². The number of sulfonamides is 2. The van der Waals surface area contributed by atoms with Crippen molar-refractivity contribution in [3.63, 3.8) is 0 Å². The Morgan fingerprint density at radius 3 is 2.08 bits per heavy atom. The monoisotopic (exact) mass is 985 g/mol. The van der Waals surface area contributed by atoms with Crippen molar-refractivity contribution in [2.45, 2.75) is 90.7 Å². The molecule has 0 bridgehead atoms. The molecule has 20 heteroatoms. The number of hydrogen-bond acceptors (Lipinski definition) is 12. The first-order valence-corrected chi connectivity index (χ1v) is 26.3. The van der Waals surface area contributed by atoms with Crippen molar-refractivity contribution in [1.29, 1.82) is 0 Å². The van der Waals surface area contributed by atoms with Crippen LogP contribution in [0.5, 0.6) is 0 Å². The third-order valence-corrected chi connectivity index (χ3v) is 17.9. The molecule has 2 heterocycles. The SMILES string of the molecule is CN(C)[C@H]1C[C@@H](c2cccc(C3CC3CN(C)[C@H]3C[C@@H]4CC4C[C@@H]3Nc3cc(F)c(S(=O)(=O)Nc4nccs4)cc3Cl)c2)CC[C@@H]1Nc1cc(F)c(S(=O)(=O)Nc2ccncn2)cc1Cl. The van der Waals surface area contributed by atoms with Gasteiger partial charge in [0.25, 0.3) is 20.0 Å². The molecule has 2 aromatic heterocycles. The van der Waals surface area contributed by atoms with E-state index in [0.29, 0.717) is 41.0 Å². The Hall–Kier alpha value is -4.17. The Bertz CT molecular complexity index is 2760. The summed E-state index contributed by atoms with van der Waals surface area (Å²) in [7, 11) is -2.27. The summed E-state index contributed by atoms with van der Waals surface area (Å²) < 4.78 is 87.5. The number of hydrogen-bond donors (Lipinski definition) is 4. The van der Waals surface area contributed by atoms with Crippen LogP contribution < -0.4 is 20.1 Å². The zero-order valence-electron chi connectivity index (χ0n) is 36.0. The van der Waals surface area contributed by atoms with Gasteiger partial charge in [-0.25, -0.2) is 40.6 Å². The minimum atomic E-state index is -4.30. The fourth-order valence-electron chi connectivity index (χ4n) is 10.2. The van der Waals surface area contributed by atoms with E-state index in [0.717, 1.165) is 68.5 Å². The van der Waals surface area contributed by atoms with Gasteiger partial charge in [0, 0.05) is 48.5 Å². The van der Waals surface area contributed by atoms with Gasteiger partial charge in [-0.05, 0) is 137 Å². The van der Waals surface area contributed by atoms with E-state index in [2.05, 4.69) is 76.1 Å². The summed E-state index contributed by atoms with van der Waals surface area (Å²) in [6, 6.07) is 15.3. The van der Waals surface area contributed by atoms with Crippen molar-refractivity contribution < 1.29 is 25.6 Å². The number of halogens is 4. The van der Waals surface area contributed by atoms with E-state index in [1.165, 1.54) is 54.5 Å². The first-order valence-electron chi connectivity index (χ1n) is 21.7. The predicted molar refractivity (Wildman–Crippen MR) is 252 cm³/mol. The second-order valence-corrected chi connectivity index (χ2v) is 23.2. The fraction of sp³-hybridized carbons (Fsp3) is 0.444. The third kappa shape index (κ3) is 10.2. The highest BCUT2D eigenvalue weighted by Crippen LogP contribution is 2.53. The van der Waals surface area contributed by atoms with Crippen LogP contribution in [-0.4, -0.2) is 93.4 Å². The molecule has 0 spiro atoms. The molecule has 0 saturated heterocycles. The van der Waals surface area contributed by atoms with Crippen molar-refractivity contribution in [2.24, 2.45) is 17.8 Å². The van der Waals surface area contributed by atoms with Crippen LogP contribution in [0.25, 0.3) is 0 Å². The Balaban J connectivity index is 0.822. The molecule has 13 nitrogen and oxygen atoms in total. The maximum Gasteiger partial charge on any atom is 0.266 e. The minimum Gasteiger partial charge on any atom is -0.379 e. The van der Waals surface area contributed by atoms with E-state index < -0.39 is 41.5 Å². The van der Waals surface area contributed by atoms with Gasteiger partial charge < -0.3 is 20.4 Å². The van der Waals surface area contributed by atoms with Crippen LogP contribution in [-0.2, 0) is 20.0 Å². The van der Waals surface area contributed by atoms with Gasteiger partial charge in [-0.15, -0.1) is 11.3 Å². The van der Waals surface area contributed by atoms with E-state index in [1.54, 1.807) is 5.38 Å². The Morgan fingerprint density at radius 1 is 0.738 bits per heavy atom. The summed E-state index contributed by atoms with van der Waals surface area (Å²) in [5.41, 5.74) is 3.37. The summed E-state index contributed by atoms with van der Waals surface area (Å²) in [4.78, 5) is 15.1. The molecule has 4 aliphatic carbocycles. The van der Waals surface area contributed by atoms with E-state index in [9.17, 15) is 16.8 Å². The summed E-state index contributed by atoms with van der Waals surface area (Å²) in [6.45, 7) is 0.921. The van der Waals surface area contributed by atoms with Crippen molar-refractivity contribution >= 4 is 76.9 Å². The second-order valence-electron chi connectivity index (χ2n) is 18.2. The molecule has 65 heavy (non-hydrogen) atoms. The van der Waals surface area contributed by atoms with Gasteiger partial charge in [-0.2, -0.15) is 0 Å². The Labute approximate surface area is 392 Å². The highest BCUT2D eigenvalue weighted by atomic mass is 35.5. The molecule has 4 saturated carbocycles. The lowest BCUT2D eigenvalue weighted by Crippen LogP contribution is -2.48. The summed E-state index contributed by atoms with van der Waals surface area (Å²) in [5.74, 6) is 0.755. The smallest absolute Gasteiger partial charge is 0.266 e. The molecule has 5 aromatic rings. The van der Waals surface area contributed by atoms with Crippen LogP contribution >= 0.6 is 34.5 Å². The van der Waals surface area contributed by atoms with Gasteiger partial charge >= 0.3 is 0 Å². The first kappa shape index (κ1) is 46.0. The third-order valence-electron chi connectivity index (χ3n) is 13.7. The molecule has 3 aromatic carbocycles. The lowest BCUT2D eigenvalue weighted by Gasteiger charge is -2.41. The van der Waals surface area contributed by atoms with E-state index >= 15 is 8.78 Å². The Morgan fingerprint density at radius 2 is 1.42 bits per heavy atom. The average molecular weight is 987 g/mol. The van der Waals surface area contributed by atoms with E-state index in [1.807, 2.05) is 14.1 Å². The molecule has 0 aliphatic heterocycles. The zero-order valence-corrected chi connectivity index (χ0v) is 39.9. The molecule has 4 fully saturated rings. The van der Waals surface area contributed by atoms with Gasteiger partial charge in [0.15, 0.2) is 5.13 Å². The molecule has 4 aliphatic rings. The molecule has 346 valence electrons. The quantitative estimate of drug-likeness (QED) is 0.0747. The van der Waals surface area contributed by atoms with Gasteiger partial charge in [-0.3, -0.25) is 9.44 Å². The maximum absolute atomic E-state index is 15.5. The van der Waals surface area contributed by atoms with Crippen LogP contribution in [0.1, 0.15) is 67.9 Å². The maximum atomic E-state index is 15.5. The molecular formula is C45H51Cl2F2N9O4S3. The van der Waals surface area contributed by atoms with Gasteiger partial charge in [0.2, 0.25) is 0 Å². The van der Waals surface area contributed by atoms with E-state index in [-0.39, 0.29) is 45.2 Å². The largest absolute Gasteiger partial charge is 0.379 e. The molecule has 0 radical (unpaired) electrons. The van der Waals surface area contributed by atoms with Crippen LogP contribution in [0.15, 0.2) is 88.5 Å². The normalized spacial score (nSPS) is 26.4. The second kappa shape index (κ2) is 18.5. The summed E-state index contributed by atoms with van der Waals surface area (Å²) in [5, 5.41) is 8.99. The highest BCUT2D eigenvalue weighted by Gasteiger charge is 2.49. The van der Waals surface area contributed by atoms with Crippen molar-refractivity contribution in [3.05, 3.63) is 112 Å². The van der Waals surface area contributed by atoms with Crippen molar-refractivity contribution in [1.82, 2.24) is 24.8 Å². The minimum absolute atomic E-state index is 0.0137. The number of nitrogens with zero attached hydrogens (tertiary/aromatic N) is 5. The lowest BCUT2D eigenvalue weighted by molar-refractivity contribution is 0.165. The van der Waals surface area contributed by atoms with Gasteiger partial charge in [0.05, 0.1) is 21.4 Å². The van der Waals surface area contributed by atoms with Crippen LogP contribution in [0.2, 0.25) is 10.0 Å². The van der Waals surface area contributed by atoms with Crippen LogP contribution in [0.4, 0.5) is 31.1 Å².